The van der Waals surface area contributed by atoms with E-state index in [-0.39, 0.29) is 5.91 Å². The maximum absolute atomic E-state index is 12.2. The summed E-state index contributed by atoms with van der Waals surface area (Å²) < 4.78 is 11.3. The summed E-state index contributed by atoms with van der Waals surface area (Å²) in [6.45, 7) is 7.02. The van der Waals surface area contributed by atoms with Crippen LogP contribution < -0.4 is 14.8 Å². The number of benzene rings is 2. The van der Waals surface area contributed by atoms with E-state index in [2.05, 4.69) is 12.2 Å². The molecule has 1 N–H and O–H groups in total. The van der Waals surface area contributed by atoms with Gasteiger partial charge in [0.2, 0.25) is 5.91 Å². The van der Waals surface area contributed by atoms with Crippen LogP contribution in [0.3, 0.4) is 0 Å². The molecule has 2 aromatic carbocycles. The van der Waals surface area contributed by atoms with Gasteiger partial charge in [0.1, 0.15) is 0 Å². The molecule has 0 fully saturated rings. The average Bonchev–Trinajstić information content (AvgIpc) is 2.63. The van der Waals surface area contributed by atoms with Gasteiger partial charge in [0, 0.05) is 16.8 Å². The average molecular weight is 374 g/mol. The second kappa shape index (κ2) is 9.88. The first-order valence-corrected chi connectivity index (χ1v) is 9.06. The number of hydrogen-bond acceptors (Lipinski definition) is 3. The van der Waals surface area contributed by atoms with Gasteiger partial charge in [-0.3, -0.25) is 4.79 Å². The second-order valence-electron chi connectivity index (χ2n) is 5.72. The summed E-state index contributed by atoms with van der Waals surface area (Å²) in [5, 5.41) is 3.46. The summed E-state index contributed by atoms with van der Waals surface area (Å²) in [6, 6.07) is 11.0. The Morgan fingerprint density at radius 1 is 1.15 bits per heavy atom. The predicted octanol–water partition coefficient (Wildman–Crippen LogP) is 5.49. The van der Waals surface area contributed by atoms with Crippen molar-refractivity contribution in [1.29, 1.82) is 0 Å². The van der Waals surface area contributed by atoms with Crippen LogP contribution >= 0.6 is 11.6 Å². The van der Waals surface area contributed by atoms with Gasteiger partial charge in [-0.05, 0) is 61.7 Å². The van der Waals surface area contributed by atoms with Crippen LogP contribution in [0.25, 0.3) is 6.08 Å². The summed E-state index contributed by atoms with van der Waals surface area (Å²) in [6.07, 6.45) is 4.15. The molecule has 0 spiro atoms. The molecule has 0 aliphatic heterocycles. The number of halogens is 1. The number of anilines is 1. The molecular formula is C21H24ClNO3. The van der Waals surface area contributed by atoms with Crippen molar-refractivity contribution < 1.29 is 14.3 Å². The van der Waals surface area contributed by atoms with E-state index in [0.29, 0.717) is 35.4 Å². The third-order valence-electron chi connectivity index (χ3n) is 3.68. The maximum atomic E-state index is 12.2. The van der Waals surface area contributed by atoms with Crippen LogP contribution in [-0.2, 0) is 4.79 Å². The van der Waals surface area contributed by atoms with Crippen molar-refractivity contribution >= 4 is 29.3 Å². The smallest absolute Gasteiger partial charge is 0.248 e. The van der Waals surface area contributed by atoms with Crippen molar-refractivity contribution in [3.05, 3.63) is 58.6 Å². The van der Waals surface area contributed by atoms with E-state index < -0.39 is 0 Å². The van der Waals surface area contributed by atoms with Gasteiger partial charge in [-0.25, -0.2) is 0 Å². The van der Waals surface area contributed by atoms with Crippen LogP contribution in [0.5, 0.6) is 11.5 Å². The highest BCUT2D eigenvalue weighted by molar-refractivity contribution is 6.31. The molecule has 0 atom stereocenters. The Bertz CT molecular complexity index is 787. The lowest BCUT2D eigenvalue weighted by Gasteiger charge is -2.12. The number of amides is 1. The van der Waals surface area contributed by atoms with Gasteiger partial charge in [-0.2, -0.15) is 0 Å². The summed E-state index contributed by atoms with van der Waals surface area (Å²) in [5.74, 6) is 1.17. The second-order valence-corrected chi connectivity index (χ2v) is 6.13. The Morgan fingerprint density at radius 3 is 2.69 bits per heavy atom. The zero-order chi connectivity index (χ0) is 18.9. The number of hydrogen-bond donors (Lipinski definition) is 1. The van der Waals surface area contributed by atoms with Crippen molar-refractivity contribution in [1.82, 2.24) is 0 Å². The van der Waals surface area contributed by atoms with Crippen molar-refractivity contribution in [3.63, 3.8) is 0 Å². The van der Waals surface area contributed by atoms with Crippen molar-refractivity contribution in [2.24, 2.45) is 0 Å². The minimum Gasteiger partial charge on any atom is -0.490 e. The Morgan fingerprint density at radius 2 is 1.96 bits per heavy atom. The molecule has 0 saturated carbocycles. The highest BCUT2D eigenvalue weighted by atomic mass is 35.5. The first-order chi connectivity index (χ1) is 12.5. The van der Waals surface area contributed by atoms with Gasteiger partial charge in [0.25, 0.3) is 0 Å². The van der Waals surface area contributed by atoms with Crippen LogP contribution in [0.15, 0.2) is 42.5 Å². The van der Waals surface area contributed by atoms with E-state index in [4.69, 9.17) is 21.1 Å². The Balaban J connectivity index is 2.09. The molecule has 2 aromatic rings. The number of carbonyl (C=O) groups is 1. The molecule has 0 unspecified atom stereocenters. The molecule has 0 aromatic heterocycles. The molecular weight excluding hydrogens is 350 g/mol. The van der Waals surface area contributed by atoms with E-state index in [9.17, 15) is 4.79 Å². The minimum absolute atomic E-state index is 0.223. The monoisotopic (exact) mass is 373 g/mol. The molecule has 0 bridgehead atoms. The molecule has 138 valence electrons. The fourth-order valence-corrected chi connectivity index (χ4v) is 2.49. The predicted molar refractivity (Wildman–Crippen MR) is 107 cm³/mol. The molecule has 26 heavy (non-hydrogen) atoms. The van der Waals surface area contributed by atoms with Gasteiger partial charge in [-0.1, -0.05) is 30.7 Å². The first-order valence-electron chi connectivity index (χ1n) is 8.69. The standard InChI is InChI=1S/C21H24ClNO3/c1-4-13-26-19-11-9-16(14-20(19)25-5-2)10-12-21(24)23-18-8-6-7-17(22)15(18)3/h6-12,14H,4-5,13H2,1-3H3,(H,23,24)/b12-10+. The highest BCUT2D eigenvalue weighted by Gasteiger charge is 2.07. The van der Waals surface area contributed by atoms with Crippen LogP contribution in [0.1, 0.15) is 31.4 Å². The topological polar surface area (TPSA) is 47.6 Å². The quantitative estimate of drug-likeness (QED) is 0.622. The van der Waals surface area contributed by atoms with Crippen LogP contribution in [0.4, 0.5) is 5.69 Å². The molecule has 0 heterocycles. The van der Waals surface area contributed by atoms with Gasteiger partial charge >= 0.3 is 0 Å². The number of carbonyl (C=O) groups excluding carboxylic acids is 1. The molecule has 0 aliphatic carbocycles. The van der Waals surface area contributed by atoms with Crippen molar-refractivity contribution in [3.8, 4) is 11.5 Å². The van der Waals surface area contributed by atoms with Crippen molar-refractivity contribution in [2.45, 2.75) is 27.2 Å². The zero-order valence-corrected chi connectivity index (χ0v) is 16.1. The molecule has 4 nitrogen and oxygen atoms in total. The van der Waals surface area contributed by atoms with E-state index in [0.717, 1.165) is 17.5 Å². The third-order valence-corrected chi connectivity index (χ3v) is 4.09. The normalized spacial score (nSPS) is 10.8. The maximum Gasteiger partial charge on any atom is 0.248 e. The number of ether oxygens (including phenoxy) is 2. The van der Waals surface area contributed by atoms with E-state index >= 15 is 0 Å². The fraction of sp³-hybridized carbons (Fsp3) is 0.286. The highest BCUT2D eigenvalue weighted by Crippen LogP contribution is 2.29. The molecule has 2 rings (SSSR count). The summed E-state index contributed by atoms with van der Waals surface area (Å²) in [7, 11) is 0. The van der Waals surface area contributed by atoms with Gasteiger partial charge in [0.15, 0.2) is 11.5 Å². The number of nitrogens with one attached hydrogen (secondary N) is 1. The Hall–Kier alpha value is -2.46. The van der Waals surface area contributed by atoms with Crippen LogP contribution in [0.2, 0.25) is 5.02 Å². The van der Waals surface area contributed by atoms with E-state index in [1.54, 1.807) is 18.2 Å². The Labute approximate surface area is 159 Å². The third kappa shape index (κ3) is 5.53. The van der Waals surface area contributed by atoms with Crippen LogP contribution in [-0.4, -0.2) is 19.1 Å². The SMILES string of the molecule is CCCOc1ccc(/C=C/C(=O)Nc2cccc(Cl)c2C)cc1OCC. The molecule has 0 radical (unpaired) electrons. The summed E-state index contributed by atoms with van der Waals surface area (Å²) in [4.78, 5) is 12.2. The van der Waals surface area contributed by atoms with E-state index in [1.165, 1.54) is 6.08 Å². The largest absolute Gasteiger partial charge is 0.490 e. The van der Waals surface area contributed by atoms with Crippen LogP contribution in [0, 0.1) is 6.92 Å². The van der Waals surface area contributed by atoms with E-state index in [1.807, 2.05) is 38.1 Å². The molecule has 0 saturated heterocycles. The Kier molecular flexibility index (Phi) is 7.54. The fourth-order valence-electron chi connectivity index (χ4n) is 2.32. The zero-order valence-electron chi connectivity index (χ0n) is 15.3. The summed E-state index contributed by atoms with van der Waals surface area (Å²) in [5.41, 5.74) is 2.40. The molecule has 5 heteroatoms. The molecule has 0 aliphatic rings. The number of rotatable bonds is 8. The lowest BCUT2D eigenvalue weighted by Crippen LogP contribution is -2.09. The van der Waals surface area contributed by atoms with Gasteiger partial charge in [-0.15, -0.1) is 0 Å². The van der Waals surface area contributed by atoms with Gasteiger partial charge < -0.3 is 14.8 Å². The lowest BCUT2D eigenvalue weighted by molar-refractivity contribution is -0.111. The first kappa shape index (κ1) is 19.9. The lowest BCUT2D eigenvalue weighted by atomic mass is 10.1. The van der Waals surface area contributed by atoms with Gasteiger partial charge in [0.05, 0.1) is 13.2 Å². The minimum atomic E-state index is -0.223. The van der Waals surface area contributed by atoms with Crippen molar-refractivity contribution in [2.75, 3.05) is 18.5 Å². The summed E-state index contributed by atoms with van der Waals surface area (Å²) >= 11 is 6.07. The molecule has 1 amide bonds.